The van der Waals surface area contributed by atoms with Gasteiger partial charge in [-0.05, 0) is 43.2 Å². The summed E-state index contributed by atoms with van der Waals surface area (Å²) in [5, 5.41) is 18.6. The van der Waals surface area contributed by atoms with E-state index in [-0.39, 0.29) is 12.8 Å². The van der Waals surface area contributed by atoms with Crippen LogP contribution in [-0.2, 0) is 9.59 Å². The average molecular weight is 383 g/mol. The molecule has 0 fully saturated rings. The third kappa shape index (κ3) is 4.35. The summed E-state index contributed by atoms with van der Waals surface area (Å²) < 4.78 is 1.62. The first-order valence-corrected chi connectivity index (χ1v) is 8.74. The minimum Gasteiger partial charge on any atom is -0.550 e. The number of anilines is 1. The van der Waals surface area contributed by atoms with Gasteiger partial charge >= 0.3 is 0 Å². The third-order valence-electron chi connectivity index (χ3n) is 4.01. The maximum atomic E-state index is 12.3. The number of benzene rings is 2. The Balaban J connectivity index is 2.07. The van der Waals surface area contributed by atoms with Crippen LogP contribution in [0.4, 0.5) is 5.82 Å². The lowest BCUT2D eigenvalue weighted by Crippen LogP contribution is -2.24. The van der Waals surface area contributed by atoms with Crippen molar-refractivity contribution in [2.24, 2.45) is 0 Å². The van der Waals surface area contributed by atoms with Crippen molar-refractivity contribution in [1.29, 1.82) is 0 Å². The van der Waals surface area contributed by atoms with Gasteiger partial charge in [0.1, 0.15) is 5.82 Å². The molecule has 0 aliphatic carbocycles. The number of hydrogen-bond donors (Lipinski definition) is 1. The Bertz CT molecular complexity index is 966. The summed E-state index contributed by atoms with van der Waals surface area (Å²) in [7, 11) is 0. The van der Waals surface area contributed by atoms with E-state index in [1.165, 1.54) is 0 Å². The number of hydrogen-bond acceptors (Lipinski definition) is 4. The molecule has 3 aromatic rings. The maximum Gasteiger partial charge on any atom is 0.225 e. The van der Waals surface area contributed by atoms with Crippen LogP contribution in [-0.4, -0.2) is 21.7 Å². The number of nitrogens with zero attached hydrogens (tertiary/aromatic N) is 2. The van der Waals surface area contributed by atoms with Gasteiger partial charge in [-0.2, -0.15) is 5.10 Å². The van der Waals surface area contributed by atoms with E-state index in [2.05, 4.69) is 10.4 Å². The Kier molecular flexibility index (Phi) is 5.57. The number of carboxylic acids is 1. The van der Waals surface area contributed by atoms with E-state index in [0.717, 1.165) is 22.5 Å². The molecule has 0 saturated heterocycles. The van der Waals surface area contributed by atoms with Crippen LogP contribution in [0.25, 0.3) is 16.8 Å². The van der Waals surface area contributed by atoms with Gasteiger partial charge in [-0.3, -0.25) is 4.79 Å². The van der Waals surface area contributed by atoms with E-state index < -0.39 is 11.9 Å². The van der Waals surface area contributed by atoms with Crippen molar-refractivity contribution in [3.05, 3.63) is 65.3 Å². The van der Waals surface area contributed by atoms with E-state index in [1.54, 1.807) is 28.9 Å². The number of aromatic nitrogens is 2. The summed E-state index contributed by atoms with van der Waals surface area (Å²) in [6, 6.07) is 16.6. The molecule has 0 saturated carbocycles. The van der Waals surface area contributed by atoms with Crippen molar-refractivity contribution in [3.8, 4) is 16.8 Å². The van der Waals surface area contributed by atoms with E-state index in [1.807, 2.05) is 37.3 Å². The maximum absolute atomic E-state index is 12.3. The van der Waals surface area contributed by atoms with Gasteiger partial charge in [0.15, 0.2) is 0 Å². The first-order valence-electron chi connectivity index (χ1n) is 8.36. The highest BCUT2D eigenvalue weighted by Gasteiger charge is 2.20. The number of aryl methyl sites for hydroxylation is 1. The van der Waals surface area contributed by atoms with Crippen molar-refractivity contribution in [3.63, 3.8) is 0 Å². The molecule has 0 radical (unpaired) electrons. The highest BCUT2D eigenvalue weighted by Crippen LogP contribution is 2.33. The van der Waals surface area contributed by atoms with E-state index >= 15 is 0 Å². The van der Waals surface area contributed by atoms with E-state index in [9.17, 15) is 14.7 Å². The van der Waals surface area contributed by atoms with Gasteiger partial charge in [0.25, 0.3) is 0 Å². The van der Waals surface area contributed by atoms with Crippen LogP contribution < -0.4 is 10.4 Å². The van der Waals surface area contributed by atoms with Crippen LogP contribution in [0.1, 0.15) is 18.5 Å². The lowest BCUT2D eigenvalue weighted by molar-refractivity contribution is -0.305. The van der Waals surface area contributed by atoms with Gasteiger partial charge in [-0.15, -0.1) is 0 Å². The van der Waals surface area contributed by atoms with Crippen molar-refractivity contribution < 1.29 is 14.7 Å². The molecule has 0 spiro atoms. The molecular weight excluding hydrogens is 366 g/mol. The number of carbonyl (C=O) groups is 2. The van der Waals surface area contributed by atoms with Crippen molar-refractivity contribution >= 4 is 29.3 Å². The first kappa shape index (κ1) is 18.7. The van der Waals surface area contributed by atoms with Gasteiger partial charge in [-0.25, -0.2) is 4.68 Å². The van der Waals surface area contributed by atoms with Crippen LogP contribution in [0.2, 0.25) is 5.02 Å². The largest absolute Gasteiger partial charge is 0.550 e. The second-order valence-electron chi connectivity index (χ2n) is 5.98. The molecule has 27 heavy (non-hydrogen) atoms. The predicted molar refractivity (Wildman–Crippen MR) is 102 cm³/mol. The minimum absolute atomic E-state index is 0.179. The quantitative estimate of drug-likeness (QED) is 0.710. The third-order valence-corrected chi connectivity index (χ3v) is 4.26. The molecule has 1 amide bonds. The molecule has 1 aromatic heterocycles. The monoisotopic (exact) mass is 382 g/mol. The highest BCUT2D eigenvalue weighted by molar-refractivity contribution is 6.30. The second kappa shape index (κ2) is 8.05. The molecule has 7 heteroatoms. The molecule has 1 heterocycles. The molecule has 0 aliphatic heterocycles. The Morgan fingerprint density at radius 3 is 2.37 bits per heavy atom. The Labute approximate surface area is 161 Å². The Morgan fingerprint density at radius 1 is 1.07 bits per heavy atom. The number of rotatable bonds is 6. The molecule has 2 aromatic carbocycles. The zero-order valence-electron chi connectivity index (χ0n) is 14.6. The topological polar surface area (TPSA) is 87.0 Å². The summed E-state index contributed by atoms with van der Waals surface area (Å²) in [4.78, 5) is 22.9. The lowest BCUT2D eigenvalue weighted by Gasteiger charge is -2.12. The molecule has 1 N–H and O–H groups in total. The van der Waals surface area contributed by atoms with Gasteiger partial charge in [0, 0.05) is 23.0 Å². The van der Waals surface area contributed by atoms with Crippen LogP contribution in [0.5, 0.6) is 0 Å². The molecule has 0 aliphatic rings. The highest BCUT2D eigenvalue weighted by atomic mass is 35.5. The van der Waals surface area contributed by atoms with Gasteiger partial charge < -0.3 is 15.2 Å². The first-order chi connectivity index (χ1) is 13.0. The molecule has 6 nitrogen and oxygen atoms in total. The summed E-state index contributed by atoms with van der Waals surface area (Å²) in [5.74, 6) is -1.22. The summed E-state index contributed by atoms with van der Waals surface area (Å²) in [6.45, 7) is 1.85. The zero-order valence-corrected chi connectivity index (χ0v) is 15.4. The number of amides is 1. The molecule has 0 bridgehead atoms. The van der Waals surface area contributed by atoms with Gasteiger partial charge in [-0.1, -0.05) is 41.9 Å². The SMILES string of the molecule is Cc1nn(-c2ccc(Cl)cc2)c(NC(=O)CCC(=O)[O-])c1-c1ccccc1. The minimum atomic E-state index is -1.27. The number of nitrogens with one attached hydrogen (secondary N) is 1. The molecule has 3 rings (SSSR count). The standard InChI is InChI=1S/C20H18ClN3O3/c1-13-19(14-5-3-2-4-6-14)20(22-17(25)11-12-18(26)27)24(23-13)16-9-7-15(21)8-10-16/h2-10H,11-12H2,1H3,(H,22,25)(H,26,27)/p-1. The van der Waals surface area contributed by atoms with Crippen molar-refractivity contribution in [1.82, 2.24) is 9.78 Å². The van der Waals surface area contributed by atoms with E-state index in [4.69, 9.17) is 11.6 Å². The fourth-order valence-electron chi connectivity index (χ4n) is 2.77. The van der Waals surface area contributed by atoms with Crippen LogP contribution in [0, 0.1) is 6.92 Å². The lowest BCUT2D eigenvalue weighted by atomic mass is 10.1. The Morgan fingerprint density at radius 2 is 1.74 bits per heavy atom. The number of aliphatic carboxylic acids is 1. The summed E-state index contributed by atoms with van der Waals surface area (Å²) in [6.07, 6.45) is -0.526. The second-order valence-corrected chi connectivity index (χ2v) is 6.42. The van der Waals surface area contributed by atoms with Crippen LogP contribution in [0.3, 0.4) is 0 Å². The fraction of sp³-hybridized carbons (Fsp3) is 0.150. The molecule has 0 unspecified atom stereocenters. The Hall–Kier alpha value is -3.12. The van der Waals surface area contributed by atoms with Crippen molar-refractivity contribution in [2.45, 2.75) is 19.8 Å². The number of halogens is 1. The van der Waals surface area contributed by atoms with E-state index in [0.29, 0.717) is 10.8 Å². The predicted octanol–water partition coefficient (Wildman–Crippen LogP) is 2.97. The van der Waals surface area contributed by atoms with Crippen molar-refractivity contribution in [2.75, 3.05) is 5.32 Å². The number of carboxylic acid groups (broad SMARTS) is 1. The molecule has 138 valence electrons. The average Bonchev–Trinajstić information content (AvgIpc) is 2.97. The fourth-order valence-corrected chi connectivity index (χ4v) is 2.90. The number of carbonyl (C=O) groups excluding carboxylic acids is 2. The van der Waals surface area contributed by atoms with Crippen LogP contribution in [0.15, 0.2) is 54.6 Å². The molecule has 0 atom stereocenters. The van der Waals surface area contributed by atoms with Gasteiger partial charge in [0.2, 0.25) is 5.91 Å². The van der Waals surface area contributed by atoms with Gasteiger partial charge in [0.05, 0.1) is 11.4 Å². The summed E-state index contributed by atoms with van der Waals surface area (Å²) in [5.41, 5.74) is 3.11. The smallest absolute Gasteiger partial charge is 0.225 e. The zero-order chi connectivity index (χ0) is 19.4. The molecular formula is C20H17ClN3O3-. The summed E-state index contributed by atoms with van der Waals surface area (Å²) >= 11 is 5.97. The normalized spacial score (nSPS) is 10.6. The van der Waals surface area contributed by atoms with Crippen LogP contribution >= 0.6 is 11.6 Å².